The minimum Gasteiger partial charge on any atom is -0.367 e. The zero-order valence-electron chi connectivity index (χ0n) is 6.50. The van der Waals surface area contributed by atoms with Crippen LogP contribution in [-0.4, -0.2) is 32.7 Å². The Morgan fingerprint density at radius 2 is 2.20 bits per heavy atom. The van der Waals surface area contributed by atoms with Gasteiger partial charge in [-0.1, -0.05) is 6.92 Å². The lowest BCUT2D eigenvalue weighted by atomic mass is 10.3. The van der Waals surface area contributed by atoms with Gasteiger partial charge < -0.3 is 14.2 Å². The monoisotopic (exact) mass is 146 g/mol. The van der Waals surface area contributed by atoms with Gasteiger partial charge in [0.15, 0.2) is 0 Å². The first-order valence-electron chi connectivity index (χ1n) is 3.60. The molecule has 2 unspecified atom stereocenters. The van der Waals surface area contributed by atoms with E-state index in [9.17, 15) is 0 Å². The molecular formula is C7H14O3. The lowest BCUT2D eigenvalue weighted by Crippen LogP contribution is -2.06. The number of methoxy groups -OCH3 is 1. The number of ether oxygens (including phenoxy) is 3. The molecule has 0 radical (unpaired) electrons. The lowest BCUT2D eigenvalue weighted by molar-refractivity contribution is -0.0351. The average Bonchev–Trinajstić information content (AvgIpc) is 2.68. The lowest BCUT2D eigenvalue weighted by Gasteiger charge is -1.97. The maximum Gasteiger partial charge on any atom is 0.146 e. The number of hydrogen-bond acceptors (Lipinski definition) is 3. The third-order valence-electron chi connectivity index (χ3n) is 1.57. The van der Waals surface area contributed by atoms with Crippen LogP contribution in [0.3, 0.4) is 0 Å². The van der Waals surface area contributed by atoms with Crippen LogP contribution in [-0.2, 0) is 14.2 Å². The summed E-state index contributed by atoms with van der Waals surface area (Å²) in [5, 5.41) is 0. The molecule has 60 valence electrons. The van der Waals surface area contributed by atoms with Crippen LogP contribution in [0.4, 0.5) is 0 Å². The largest absolute Gasteiger partial charge is 0.367 e. The van der Waals surface area contributed by atoms with Crippen LogP contribution in [0.2, 0.25) is 0 Å². The fourth-order valence-corrected chi connectivity index (χ4v) is 0.932. The third-order valence-corrected chi connectivity index (χ3v) is 1.57. The number of hydrogen-bond donors (Lipinski definition) is 0. The predicted octanol–water partition coefficient (Wildman–Crippen LogP) is 0.784. The SMILES string of the molecule is CCC1OC1COCOC. The van der Waals surface area contributed by atoms with E-state index in [4.69, 9.17) is 14.2 Å². The topological polar surface area (TPSA) is 31.0 Å². The van der Waals surface area contributed by atoms with Gasteiger partial charge in [-0.25, -0.2) is 0 Å². The van der Waals surface area contributed by atoms with Crippen LogP contribution in [0.25, 0.3) is 0 Å². The van der Waals surface area contributed by atoms with Crippen LogP contribution in [0.1, 0.15) is 13.3 Å². The van der Waals surface area contributed by atoms with E-state index >= 15 is 0 Å². The Morgan fingerprint density at radius 1 is 1.40 bits per heavy atom. The summed E-state index contributed by atoms with van der Waals surface area (Å²) >= 11 is 0. The summed E-state index contributed by atoms with van der Waals surface area (Å²) in [6, 6.07) is 0. The van der Waals surface area contributed by atoms with Gasteiger partial charge in [0, 0.05) is 7.11 Å². The van der Waals surface area contributed by atoms with Crippen molar-refractivity contribution >= 4 is 0 Å². The van der Waals surface area contributed by atoms with Crippen LogP contribution >= 0.6 is 0 Å². The summed E-state index contributed by atoms with van der Waals surface area (Å²) in [6.45, 7) is 3.16. The Morgan fingerprint density at radius 3 is 2.70 bits per heavy atom. The van der Waals surface area contributed by atoms with Crippen molar-refractivity contribution in [2.24, 2.45) is 0 Å². The van der Waals surface area contributed by atoms with E-state index in [1.165, 1.54) is 0 Å². The zero-order valence-corrected chi connectivity index (χ0v) is 6.50. The maximum absolute atomic E-state index is 5.23. The molecule has 0 N–H and O–H groups in total. The highest BCUT2D eigenvalue weighted by molar-refractivity contribution is 4.82. The molecule has 0 bridgehead atoms. The molecule has 10 heavy (non-hydrogen) atoms. The van der Waals surface area contributed by atoms with E-state index in [1.54, 1.807) is 7.11 Å². The maximum atomic E-state index is 5.23. The van der Waals surface area contributed by atoms with Crippen molar-refractivity contribution < 1.29 is 14.2 Å². The van der Waals surface area contributed by atoms with Gasteiger partial charge >= 0.3 is 0 Å². The molecule has 0 aromatic heterocycles. The molecule has 0 aromatic carbocycles. The summed E-state index contributed by atoms with van der Waals surface area (Å²) in [5.74, 6) is 0. The summed E-state index contributed by atoms with van der Waals surface area (Å²) in [5.41, 5.74) is 0. The van der Waals surface area contributed by atoms with Crippen molar-refractivity contribution in [1.29, 1.82) is 0 Å². The van der Waals surface area contributed by atoms with Gasteiger partial charge in [-0.05, 0) is 6.42 Å². The second-order valence-corrected chi connectivity index (χ2v) is 2.40. The molecule has 0 saturated carbocycles. The standard InChI is InChI=1S/C7H14O3/c1-3-6-7(10-6)4-9-5-8-2/h6-7H,3-5H2,1-2H3. The molecule has 0 aromatic rings. The summed E-state index contributed by atoms with van der Waals surface area (Å²) in [7, 11) is 1.62. The van der Waals surface area contributed by atoms with E-state index in [0.29, 0.717) is 25.6 Å². The molecule has 1 heterocycles. The van der Waals surface area contributed by atoms with Gasteiger partial charge in [0.1, 0.15) is 12.9 Å². The third kappa shape index (κ3) is 2.25. The minimum absolute atomic E-state index is 0.333. The van der Waals surface area contributed by atoms with E-state index in [2.05, 4.69) is 6.92 Å². The second-order valence-electron chi connectivity index (χ2n) is 2.40. The van der Waals surface area contributed by atoms with Gasteiger partial charge in [-0.3, -0.25) is 0 Å². The average molecular weight is 146 g/mol. The van der Waals surface area contributed by atoms with Crippen molar-refractivity contribution in [3.63, 3.8) is 0 Å². The summed E-state index contributed by atoms with van der Waals surface area (Å²) < 4.78 is 15.0. The molecule has 3 nitrogen and oxygen atoms in total. The molecule has 0 amide bonds. The summed E-state index contributed by atoms with van der Waals surface area (Å²) in [6.07, 6.45) is 1.86. The Hall–Kier alpha value is -0.120. The van der Waals surface area contributed by atoms with E-state index in [-0.39, 0.29) is 0 Å². The van der Waals surface area contributed by atoms with Gasteiger partial charge in [-0.15, -0.1) is 0 Å². The predicted molar refractivity (Wildman–Crippen MR) is 36.8 cm³/mol. The van der Waals surface area contributed by atoms with E-state index in [1.807, 2.05) is 0 Å². The van der Waals surface area contributed by atoms with Crippen LogP contribution in [0, 0.1) is 0 Å². The van der Waals surface area contributed by atoms with Crippen LogP contribution in [0.15, 0.2) is 0 Å². The van der Waals surface area contributed by atoms with Crippen molar-refractivity contribution in [2.75, 3.05) is 20.5 Å². The number of epoxide rings is 1. The van der Waals surface area contributed by atoms with Gasteiger partial charge in [0.25, 0.3) is 0 Å². The Labute approximate surface area is 61.3 Å². The van der Waals surface area contributed by atoms with Gasteiger partial charge in [0.05, 0.1) is 12.7 Å². The van der Waals surface area contributed by atoms with Crippen molar-refractivity contribution in [1.82, 2.24) is 0 Å². The molecule has 1 aliphatic heterocycles. The molecular weight excluding hydrogens is 132 g/mol. The Bertz CT molecular complexity index is 94.9. The number of rotatable bonds is 5. The quantitative estimate of drug-likeness (QED) is 0.326. The van der Waals surface area contributed by atoms with Gasteiger partial charge in [0.2, 0.25) is 0 Å². The molecule has 0 aliphatic carbocycles. The molecule has 1 fully saturated rings. The van der Waals surface area contributed by atoms with E-state index < -0.39 is 0 Å². The highest BCUT2D eigenvalue weighted by Crippen LogP contribution is 2.24. The van der Waals surface area contributed by atoms with Crippen molar-refractivity contribution in [3.8, 4) is 0 Å². The second kappa shape index (κ2) is 3.91. The normalized spacial score (nSPS) is 30.6. The Kier molecular flexibility index (Phi) is 3.12. The zero-order chi connectivity index (χ0) is 7.40. The first-order chi connectivity index (χ1) is 4.88. The van der Waals surface area contributed by atoms with Crippen LogP contribution < -0.4 is 0 Å². The summed E-state index contributed by atoms with van der Waals surface area (Å²) in [4.78, 5) is 0. The first kappa shape index (κ1) is 7.98. The molecule has 1 saturated heterocycles. The van der Waals surface area contributed by atoms with Crippen molar-refractivity contribution in [3.05, 3.63) is 0 Å². The molecule has 0 spiro atoms. The highest BCUT2D eigenvalue weighted by atomic mass is 16.7. The highest BCUT2D eigenvalue weighted by Gasteiger charge is 2.36. The van der Waals surface area contributed by atoms with Crippen molar-refractivity contribution in [2.45, 2.75) is 25.6 Å². The molecule has 3 heteroatoms. The van der Waals surface area contributed by atoms with Crippen LogP contribution in [0.5, 0.6) is 0 Å². The Balaban J connectivity index is 1.87. The molecule has 1 aliphatic rings. The molecule has 1 rings (SSSR count). The fraction of sp³-hybridized carbons (Fsp3) is 1.00. The smallest absolute Gasteiger partial charge is 0.146 e. The minimum atomic E-state index is 0.333. The van der Waals surface area contributed by atoms with Gasteiger partial charge in [-0.2, -0.15) is 0 Å². The first-order valence-corrected chi connectivity index (χ1v) is 3.60. The fourth-order valence-electron chi connectivity index (χ4n) is 0.932. The van der Waals surface area contributed by atoms with E-state index in [0.717, 1.165) is 6.42 Å². The molecule has 2 atom stereocenters.